The molecule has 1 amide bonds. The Kier molecular flexibility index (Phi) is 5.75. The molecule has 3 atom stereocenters. The Hall–Kier alpha value is -1.63. The Labute approximate surface area is 111 Å². The molecule has 0 aliphatic carbocycles. The van der Waals surface area contributed by atoms with Gasteiger partial charge in [-0.3, -0.25) is 9.59 Å². The van der Waals surface area contributed by atoms with Crippen LogP contribution in [-0.4, -0.2) is 48.7 Å². The highest BCUT2D eigenvalue weighted by molar-refractivity contribution is 5.87. The predicted molar refractivity (Wildman–Crippen MR) is 66.4 cm³/mol. The number of nitrogens with one attached hydrogen (secondary N) is 2. The lowest BCUT2D eigenvalue weighted by Crippen LogP contribution is -2.50. The van der Waals surface area contributed by atoms with E-state index in [-0.39, 0.29) is 30.7 Å². The van der Waals surface area contributed by atoms with E-state index in [0.717, 1.165) is 13.0 Å². The van der Waals surface area contributed by atoms with Gasteiger partial charge < -0.3 is 20.5 Å². The van der Waals surface area contributed by atoms with Crippen molar-refractivity contribution in [2.75, 3.05) is 13.7 Å². The van der Waals surface area contributed by atoms with Crippen LogP contribution < -0.4 is 10.6 Å². The van der Waals surface area contributed by atoms with Gasteiger partial charge in [0.1, 0.15) is 6.04 Å². The Bertz CT molecular complexity index is 358. The van der Waals surface area contributed by atoms with Gasteiger partial charge in [0.05, 0.1) is 13.2 Å². The van der Waals surface area contributed by atoms with E-state index in [9.17, 15) is 14.4 Å². The standard InChI is InChI=1S/C12H20N2O5/c1-7-5-6-13-10(7)11(16)14-8(12(17)18)3-4-9(15)19-2/h7-8,10,13H,3-6H2,1-2H3,(H,14,16)(H,17,18). The summed E-state index contributed by atoms with van der Waals surface area (Å²) in [7, 11) is 1.24. The molecular weight excluding hydrogens is 252 g/mol. The molecule has 108 valence electrons. The van der Waals surface area contributed by atoms with Crippen molar-refractivity contribution in [3.05, 3.63) is 0 Å². The molecule has 0 radical (unpaired) electrons. The van der Waals surface area contributed by atoms with E-state index in [2.05, 4.69) is 15.4 Å². The van der Waals surface area contributed by atoms with Crippen LogP contribution in [0.5, 0.6) is 0 Å². The van der Waals surface area contributed by atoms with Gasteiger partial charge in [0.2, 0.25) is 5.91 Å². The quantitative estimate of drug-likeness (QED) is 0.563. The average Bonchev–Trinajstić information content (AvgIpc) is 2.79. The number of carboxylic acid groups (broad SMARTS) is 1. The summed E-state index contributed by atoms with van der Waals surface area (Å²) in [5.41, 5.74) is 0. The van der Waals surface area contributed by atoms with Crippen LogP contribution in [0.2, 0.25) is 0 Å². The van der Waals surface area contributed by atoms with E-state index in [1.807, 2.05) is 6.92 Å². The number of carbonyl (C=O) groups is 3. The van der Waals surface area contributed by atoms with Crippen molar-refractivity contribution in [3.63, 3.8) is 0 Å². The first-order valence-corrected chi connectivity index (χ1v) is 6.29. The molecule has 1 aliphatic heterocycles. The van der Waals surface area contributed by atoms with Crippen LogP contribution in [0.3, 0.4) is 0 Å². The van der Waals surface area contributed by atoms with Gasteiger partial charge in [0.15, 0.2) is 0 Å². The van der Waals surface area contributed by atoms with Crippen molar-refractivity contribution in [3.8, 4) is 0 Å². The van der Waals surface area contributed by atoms with Gasteiger partial charge in [-0.05, 0) is 25.3 Å². The minimum atomic E-state index is -1.15. The molecule has 19 heavy (non-hydrogen) atoms. The average molecular weight is 272 g/mol. The Morgan fingerprint density at radius 1 is 1.47 bits per heavy atom. The molecule has 7 nitrogen and oxygen atoms in total. The summed E-state index contributed by atoms with van der Waals surface area (Å²) in [6.07, 6.45) is 0.869. The maximum atomic E-state index is 11.9. The molecule has 1 heterocycles. The zero-order valence-corrected chi connectivity index (χ0v) is 11.1. The number of ether oxygens (including phenoxy) is 1. The summed E-state index contributed by atoms with van der Waals surface area (Å²) in [5, 5.41) is 14.5. The molecule has 0 aromatic carbocycles. The number of rotatable bonds is 6. The Morgan fingerprint density at radius 2 is 2.16 bits per heavy atom. The molecule has 0 bridgehead atoms. The van der Waals surface area contributed by atoms with Gasteiger partial charge in [-0.15, -0.1) is 0 Å². The fourth-order valence-corrected chi connectivity index (χ4v) is 2.07. The molecule has 1 rings (SSSR count). The van der Waals surface area contributed by atoms with E-state index < -0.39 is 18.0 Å². The monoisotopic (exact) mass is 272 g/mol. The molecule has 1 saturated heterocycles. The number of carboxylic acids is 1. The molecular formula is C12H20N2O5. The first-order chi connectivity index (χ1) is 8.95. The maximum Gasteiger partial charge on any atom is 0.326 e. The molecule has 3 N–H and O–H groups in total. The predicted octanol–water partition coefficient (Wildman–Crippen LogP) is -0.493. The summed E-state index contributed by atoms with van der Waals surface area (Å²) in [5.74, 6) is -1.80. The number of amides is 1. The van der Waals surface area contributed by atoms with Crippen molar-refractivity contribution in [2.24, 2.45) is 5.92 Å². The van der Waals surface area contributed by atoms with E-state index in [1.54, 1.807) is 0 Å². The van der Waals surface area contributed by atoms with E-state index in [1.165, 1.54) is 7.11 Å². The van der Waals surface area contributed by atoms with Gasteiger partial charge in [0.25, 0.3) is 0 Å². The van der Waals surface area contributed by atoms with Gasteiger partial charge >= 0.3 is 11.9 Å². The van der Waals surface area contributed by atoms with Gasteiger partial charge in [-0.1, -0.05) is 6.92 Å². The van der Waals surface area contributed by atoms with Crippen molar-refractivity contribution < 1.29 is 24.2 Å². The minimum Gasteiger partial charge on any atom is -0.480 e. The fourth-order valence-electron chi connectivity index (χ4n) is 2.07. The molecule has 0 spiro atoms. The number of hydrogen-bond donors (Lipinski definition) is 3. The van der Waals surface area contributed by atoms with Crippen LogP contribution in [0.1, 0.15) is 26.2 Å². The molecule has 1 fully saturated rings. The Morgan fingerprint density at radius 3 is 2.63 bits per heavy atom. The number of esters is 1. The topological polar surface area (TPSA) is 105 Å². The summed E-state index contributed by atoms with van der Waals surface area (Å²) >= 11 is 0. The van der Waals surface area contributed by atoms with E-state index >= 15 is 0 Å². The summed E-state index contributed by atoms with van der Waals surface area (Å²) < 4.78 is 4.45. The van der Waals surface area contributed by atoms with Crippen LogP contribution in [-0.2, 0) is 19.1 Å². The second-order valence-electron chi connectivity index (χ2n) is 4.71. The zero-order valence-electron chi connectivity index (χ0n) is 11.1. The first-order valence-electron chi connectivity index (χ1n) is 6.29. The van der Waals surface area contributed by atoms with Crippen LogP contribution >= 0.6 is 0 Å². The van der Waals surface area contributed by atoms with Gasteiger partial charge in [0, 0.05) is 6.42 Å². The fraction of sp³-hybridized carbons (Fsp3) is 0.750. The SMILES string of the molecule is COC(=O)CCC(NC(=O)C1NCCC1C)C(=O)O. The lowest BCUT2D eigenvalue weighted by atomic mass is 10.0. The summed E-state index contributed by atoms with van der Waals surface area (Å²) in [6, 6.07) is -1.43. The van der Waals surface area contributed by atoms with Gasteiger partial charge in [-0.25, -0.2) is 4.79 Å². The molecule has 0 aromatic rings. The van der Waals surface area contributed by atoms with Crippen molar-refractivity contribution in [2.45, 2.75) is 38.3 Å². The zero-order chi connectivity index (χ0) is 14.4. The van der Waals surface area contributed by atoms with E-state index in [0.29, 0.717) is 0 Å². The van der Waals surface area contributed by atoms with Crippen LogP contribution in [0.4, 0.5) is 0 Å². The van der Waals surface area contributed by atoms with Gasteiger partial charge in [-0.2, -0.15) is 0 Å². The minimum absolute atomic E-state index is 0.0227. The highest BCUT2D eigenvalue weighted by atomic mass is 16.5. The smallest absolute Gasteiger partial charge is 0.326 e. The van der Waals surface area contributed by atoms with Crippen molar-refractivity contribution in [1.29, 1.82) is 0 Å². The second-order valence-corrected chi connectivity index (χ2v) is 4.71. The van der Waals surface area contributed by atoms with Crippen LogP contribution in [0.25, 0.3) is 0 Å². The third-order valence-corrected chi connectivity index (χ3v) is 3.29. The second kappa shape index (κ2) is 7.08. The molecule has 0 saturated carbocycles. The summed E-state index contributed by atoms with van der Waals surface area (Å²) in [6.45, 7) is 2.69. The Balaban J connectivity index is 2.51. The highest BCUT2D eigenvalue weighted by Crippen LogP contribution is 2.14. The van der Waals surface area contributed by atoms with E-state index in [4.69, 9.17) is 5.11 Å². The number of hydrogen-bond acceptors (Lipinski definition) is 5. The number of methoxy groups -OCH3 is 1. The lowest BCUT2D eigenvalue weighted by molar-refractivity contribution is -0.144. The molecule has 0 aromatic heterocycles. The summed E-state index contributed by atoms with van der Waals surface area (Å²) in [4.78, 5) is 34.0. The normalized spacial score (nSPS) is 23.7. The largest absolute Gasteiger partial charge is 0.480 e. The third-order valence-electron chi connectivity index (χ3n) is 3.29. The first kappa shape index (κ1) is 15.4. The van der Waals surface area contributed by atoms with Crippen LogP contribution in [0.15, 0.2) is 0 Å². The molecule has 1 aliphatic rings. The number of carbonyl (C=O) groups excluding carboxylic acids is 2. The van der Waals surface area contributed by atoms with Crippen molar-refractivity contribution >= 4 is 17.8 Å². The highest BCUT2D eigenvalue weighted by Gasteiger charge is 2.32. The molecule has 7 heteroatoms. The number of aliphatic carboxylic acids is 1. The maximum absolute atomic E-state index is 11.9. The lowest BCUT2D eigenvalue weighted by Gasteiger charge is -2.19. The molecule has 3 unspecified atom stereocenters. The van der Waals surface area contributed by atoms with Crippen molar-refractivity contribution in [1.82, 2.24) is 10.6 Å². The van der Waals surface area contributed by atoms with Crippen LogP contribution in [0, 0.1) is 5.92 Å². The third kappa shape index (κ3) is 4.51.